The fraction of sp³-hybridized carbons (Fsp3) is 0.263. The summed E-state index contributed by atoms with van der Waals surface area (Å²) < 4.78 is 0. The zero-order chi connectivity index (χ0) is 16.4. The van der Waals surface area contributed by atoms with Crippen LogP contribution in [0.2, 0.25) is 0 Å². The van der Waals surface area contributed by atoms with Crippen LogP contribution in [0.15, 0.2) is 48.5 Å². The first-order chi connectivity index (χ1) is 11.8. The molecule has 7 heteroatoms. The molecule has 1 aliphatic rings. The van der Waals surface area contributed by atoms with Gasteiger partial charge in [-0.3, -0.25) is 4.79 Å². The van der Waals surface area contributed by atoms with Crippen LogP contribution in [-0.4, -0.2) is 29.0 Å². The van der Waals surface area contributed by atoms with Crippen molar-refractivity contribution in [2.45, 2.75) is 12.8 Å². The van der Waals surface area contributed by atoms with Crippen molar-refractivity contribution in [3.63, 3.8) is 0 Å². The first-order valence-corrected chi connectivity index (χ1v) is 8.36. The molecule has 138 valence electrons. The van der Waals surface area contributed by atoms with Gasteiger partial charge in [0.1, 0.15) is 5.82 Å². The Labute approximate surface area is 164 Å². The quantitative estimate of drug-likeness (QED) is 0.630. The fourth-order valence-corrected chi connectivity index (χ4v) is 3.16. The van der Waals surface area contributed by atoms with Crippen LogP contribution in [0.3, 0.4) is 0 Å². The van der Waals surface area contributed by atoms with Crippen LogP contribution < -0.4 is 10.6 Å². The highest BCUT2D eigenvalue weighted by Crippen LogP contribution is 2.24. The number of aromatic amines is 1. The number of nitrogens with zero attached hydrogens (tertiary/aromatic N) is 1. The highest BCUT2D eigenvalue weighted by Gasteiger charge is 2.20. The predicted octanol–water partition coefficient (Wildman–Crippen LogP) is 4.01. The minimum atomic E-state index is 0. The number of aromatic nitrogens is 2. The minimum absolute atomic E-state index is 0. The molecule has 0 unspecified atom stereocenters. The zero-order valence-corrected chi connectivity index (χ0v) is 15.8. The molecule has 0 spiro atoms. The van der Waals surface area contributed by atoms with Crippen molar-refractivity contribution < 1.29 is 4.79 Å². The molecule has 0 saturated carbocycles. The smallest absolute Gasteiger partial charge is 0.227 e. The number of carbonyl (C=O) groups excluding carboxylic acids is 1. The summed E-state index contributed by atoms with van der Waals surface area (Å²) in [6, 6.07) is 15.8. The average Bonchev–Trinajstić information content (AvgIpc) is 3.07. The molecule has 3 aromatic rings. The lowest BCUT2D eigenvalue weighted by atomic mass is 9.97. The van der Waals surface area contributed by atoms with Crippen LogP contribution in [0.4, 0.5) is 5.69 Å². The van der Waals surface area contributed by atoms with E-state index >= 15 is 0 Å². The topological polar surface area (TPSA) is 69.8 Å². The third kappa shape index (κ3) is 4.36. The second kappa shape index (κ2) is 9.03. The van der Waals surface area contributed by atoms with Gasteiger partial charge in [-0.15, -0.1) is 24.8 Å². The minimum Gasteiger partial charge on any atom is -0.338 e. The lowest BCUT2D eigenvalue weighted by Gasteiger charge is -2.21. The number of amides is 1. The van der Waals surface area contributed by atoms with Gasteiger partial charge in [-0.05, 0) is 50.2 Å². The second-order valence-corrected chi connectivity index (χ2v) is 6.20. The monoisotopic (exact) mass is 392 g/mol. The van der Waals surface area contributed by atoms with E-state index in [0.29, 0.717) is 0 Å². The number of fused-ring (bicyclic) bond motifs is 1. The molecule has 0 radical (unpaired) electrons. The summed E-state index contributed by atoms with van der Waals surface area (Å²) in [6.07, 6.45) is 1.80. The van der Waals surface area contributed by atoms with E-state index in [9.17, 15) is 4.79 Å². The maximum Gasteiger partial charge on any atom is 0.227 e. The summed E-state index contributed by atoms with van der Waals surface area (Å²) in [5.74, 6) is 1.02. The molecular weight excluding hydrogens is 371 g/mol. The van der Waals surface area contributed by atoms with Crippen molar-refractivity contribution in [1.82, 2.24) is 15.3 Å². The lowest BCUT2D eigenvalue weighted by Crippen LogP contribution is -2.34. The second-order valence-electron chi connectivity index (χ2n) is 6.20. The van der Waals surface area contributed by atoms with Gasteiger partial charge in [0.25, 0.3) is 0 Å². The van der Waals surface area contributed by atoms with Gasteiger partial charge in [0.05, 0.1) is 11.0 Å². The van der Waals surface area contributed by atoms with Crippen molar-refractivity contribution in [1.29, 1.82) is 0 Å². The van der Waals surface area contributed by atoms with Crippen molar-refractivity contribution >= 4 is 47.4 Å². The molecule has 0 bridgehead atoms. The van der Waals surface area contributed by atoms with Gasteiger partial charge in [-0.2, -0.15) is 0 Å². The number of rotatable bonds is 3. The summed E-state index contributed by atoms with van der Waals surface area (Å²) in [5.41, 5.74) is 3.74. The third-order valence-electron chi connectivity index (χ3n) is 4.50. The Morgan fingerprint density at radius 2 is 1.81 bits per heavy atom. The first kappa shape index (κ1) is 20.2. The summed E-state index contributed by atoms with van der Waals surface area (Å²) >= 11 is 0. The van der Waals surface area contributed by atoms with Crippen LogP contribution >= 0.6 is 24.8 Å². The van der Waals surface area contributed by atoms with E-state index in [2.05, 4.69) is 20.6 Å². The predicted molar refractivity (Wildman–Crippen MR) is 110 cm³/mol. The van der Waals surface area contributed by atoms with Crippen LogP contribution in [0.25, 0.3) is 22.4 Å². The van der Waals surface area contributed by atoms with E-state index < -0.39 is 0 Å². The highest BCUT2D eigenvalue weighted by atomic mass is 35.5. The Morgan fingerprint density at radius 1 is 1.04 bits per heavy atom. The molecule has 1 aliphatic heterocycles. The maximum atomic E-state index is 12.4. The largest absolute Gasteiger partial charge is 0.338 e. The van der Waals surface area contributed by atoms with Gasteiger partial charge in [0.2, 0.25) is 5.91 Å². The van der Waals surface area contributed by atoms with Crippen molar-refractivity contribution in [3.8, 4) is 11.4 Å². The number of halogens is 2. The van der Waals surface area contributed by atoms with E-state index in [1.165, 1.54) is 0 Å². The Morgan fingerprint density at radius 3 is 2.58 bits per heavy atom. The number of imidazole rings is 1. The van der Waals surface area contributed by atoms with E-state index in [-0.39, 0.29) is 36.6 Å². The number of benzene rings is 2. The number of piperidine rings is 1. The fourth-order valence-electron chi connectivity index (χ4n) is 3.16. The van der Waals surface area contributed by atoms with Crippen LogP contribution in [0.1, 0.15) is 12.8 Å². The average molecular weight is 393 g/mol. The normalized spacial score (nSPS) is 14.3. The van der Waals surface area contributed by atoms with Crippen LogP contribution in [0.5, 0.6) is 0 Å². The van der Waals surface area contributed by atoms with Crippen LogP contribution in [0, 0.1) is 5.92 Å². The summed E-state index contributed by atoms with van der Waals surface area (Å²) in [6.45, 7) is 1.83. The Kier molecular flexibility index (Phi) is 7.03. The summed E-state index contributed by atoms with van der Waals surface area (Å²) in [4.78, 5) is 20.3. The van der Waals surface area contributed by atoms with Gasteiger partial charge < -0.3 is 15.6 Å². The molecule has 1 saturated heterocycles. The molecule has 26 heavy (non-hydrogen) atoms. The molecule has 0 atom stereocenters. The van der Waals surface area contributed by atoms with E-state index in [4.69, 9.17) is 0 Å². The van der Waals surface area contributed by atoms with Gasteiger partial charge in [0.15, 0.2) is 0 Å². The first-order valence-electron chi connectivity index (χ1n) is 8.36. The Hall–Kier alpha value is -2.08. The number of H-pyrrole nitrogens is 1. The maximum absolute atomic E-state index is 12.4. The molecule has 1 fully saturated rings. The number of anilines is 1. The molecule has 4 rings (SSSR count). The summed E-state index contributed by atoms with van der Waals surface area (Å²) in [7, 11) is 0. The molecule has 3 N–H and O–H groups in total. The third-order valence-corrected chi connectivity index (χ3v) is 4.50. The molecule has 2 heterocycles. The highest BCUT2D eigenvalue weighted by molar-refractivity contribution is 5.93. The van der Waals surface area contributed by atoms with Gasteiger partial charge in [-0.25, -0.2) is 4.98 Å². The lowest BCUT2D eigenvalue weighted by molar-refractivity contribution is -0.120. The molecule has 1 amide bonds. The van der Waals surface area contributed by atoms with Gasteiger partial charge in [-0.1, -0.05) is 24.3 Å². The van der Waals surface area contributed by atoms with Crippen LogP contribution in [-0.2, 0) is 4.79 Å². The Bertz CT molecular complexity index is 842. The molecule has 5 nitrogen and oxygen atoms in total. The number of carbonyl (C=O) groups is 1. The van der Waals surface area contributed by atoms with Crippen molar-refractivity contribution in [2.75, 3.05) is 18.4 Å². The molecule has 0 aliphatic carbocycles. The van der Waals surface area contributed by atoms with E-state index in [1.807, 2.05) is 48.5 Å². The van der Waals surface area contributed by atoms with Gasteiger partial charge in [0, 0.05) is 17.2 Å². The SMILES string of the molecule is Cl.Cl.O=C(Nc1cccc(-c2nc3ccccc3[nH]2)c1)C1CCNCC1. The number of para-hydroxylation sites is 2. The number of hydrogen-bond acceptors (Lipinski definition) is 3. The zero-order valence-electron chi connectivity index (χ0n) is 14.2. The standard InChI is InChI=1S/C19H20N4O.2ClH/c24-19(13-8-10-20-11-9-13)21-15-5-3-4-14(12-15)18-22-16-6-1-2-7-17(16)23-18;;/h1-7,12-13,20H,8-11H2,(H,21,24)(H,22,23);2*1H. The van der Waals surface area contributed by atoms with Crippen molar-refractivity contribution in [2.24, 2.45) is 5.92 Å². The molecular formula is C19H22Cl2N4O. The van der Waals surface area contributed by atoms with Crippen molar-refractivity contribution in [3.05, 3.63) is 48.5 Å². The number of hydrogen-bond donors (Lipinski definition) is 3. The summed E-state index contributed by atoms with van der Waals surface area (Å²) in [5, 5.41) is 6.33. The molecule has 2 aromatic carbocycles. The van der Waals surface area contributed by atoms with E-state index in [0.717, 1.165) is 54.0 Å². The van der Waals surface area contributed by atoms with E-state index in [1.54, 1.807) is 0 Å². The molecule has 1 aromatic heterocycles. The van der Waals surface area contributed by atoms with Gasteiger partial charge >= 0.3 is 0 Å². The Balaban J connectivity index is 0.00000121. The number of nitrogens with one attached hydrogen (secondary N) is 3.